The Kier molecular flexibility index (Phi) is 2.92. The average molecular weight is 182 g/mol. The first-order chi connectivity index (χ1) is 6.11. The smallest absolute Gasteiger partial charge is 0.306 e. The van der Waals surface area contributed by atoms with Gasteiger partial charge in [-0.05, 0) is 6.92 Å². The standard InChI is InChI=1S/C8H10N2O3/c1-5-6(3-9-4-10-5)7(11)2-8(12)13/h3-4,7,11H,2H2,1H3,(H,12,13). The van der Waals surface area contributed by atoms with Gasteiger partial charge in [0.25, 0.3) is 0 Å². The topological polar surface area (TPSA) is 83.3 Å². The maximum Gasteiger partial charge on any atom is 0.306 e. The number of carboxylic acids is 1. The zero-order valence-corrected chi connectivity index (χ0v) is 7.14. The summed E-state index contributed by atoms with van der Waals surface area (Å²) in [4.78, 5) is 17.8. The maximum absolute atomic E-state index is 10.3. The molecule has 70 valence electrons. The second-order valence-corrected chi connectivity index (χ2v) is 2.68. The molecule has 2 N–H and O–H groups in total. The Hall–Kier alpha value is -1.49. The number of aryl methyl sites for hydroxylation is 1. The fraction of sp³-hybridized carbons (Fsp3) is 0.375. The summed E-state index contributed by atoms with van der Waals surface area (Å²) in [6.45, 7) is 1.70. The van der Waals surface area contributed by atoms with E-state index in [1.807, 2.05) is 0 Å². The maximum atomic E-state index is 10.3. The summed E-state index contributed by atoms with van der Waals surface area (Å²) in [5, 5.41) is 17.8. The molecule has 0 aliphatic carbocycles. The third kappa shape index (κ3) is 2.48. The number of hydrogen-bond donors (Lipinski definition) is 2. The number of rotatable bonds is 3. The van der Waals surface area contributed by atoms with Crippen LogP contribution < -0.4 is 0 Å². The van der Waals surface area contributed by atoms with Crippen LogP contribution >= 0.6 is 0 Å². The van der Waals surface area contributed by atoms with Crippen molar-refractivity contribution in [1.82, 2.24) is 9.97 Å². The van der Waals surface area contributed by atoms with Gasteiger partial charge in [-0.3, -0.25) is 4.79 Å². The van der Waals surface area contributed by atoms with Crippen molar-refractivity contribution in [3.05, 3.63) is 23.8 Å². The summed E-state index contributed by atoms with van der Waals surface area (Å²) in [5.41, 5.74) is 1.06. The van der Waals surface area contributed by atoms with Crippen molar-refractivity contribution in [2.24, 2.45) is 0 Å². The number of hydrogen-bond acceptors (Lipinski definition) is 4. The fourth-order valence-electron chi connectivity index (χ4n) is 1.00. The van der Waals surface area contributed by atoms with E-state index in [0.29, 0.717) is 11.3 Å². The Labute approximate surface area is 75.1 Å². The van der Waals surface area contributed by atoms with E-state index in [2.05, 4.69) is 9.97 Å². The Morgan fingerprint density at radius 2 is 2.38 bits per heavy atom. The quantitative estimate of drug-likeness (QED) is 0.702. The molecule has 0 aliphatic rings. The van der Waals surface area contributed by atoms with Crippen LogP contribution in [-0.2, 0) is 4.79 Å². The molecular weight excluding hydrogens is 172 g/mol. The molecule has 0 aliphatic heterocycles. The number of carboxylic acid groups (broad SMARTS) is 1. The minimum atomic E-state index is -1.05. The molecule has 1 atom stereocenters. The van der Waals surface area contributed by atoms with E-state index in [4.69, 9.17) is 5.11 Å². The molecule has 0 spiro atoms. The SMILES string of the molecule is Cc1ncncc1C(O)CC(=O)O. The summed E-state index contributed by atoms with van der Waals surface area (Å²) in [5.74, 6) is -1.05. The summed E-state index contributed by atoms with van der Waals surface area (Å²) >= 11 is 0. The number of aromatic nitrogens is 2. The minimum absolute atomic E-state index is 0.325. The first-order valence-corrected chi connectivity index (χ1v) is 3.77. The van der Waals surface area contributed by atoms with Crippen LogP contribution in [0, 0.1) is 6.92 Å². The molecule has 0 saturated heterocycles. The molecule has 1 unspecified atom stereocenters. The predicted molar refractivity (Wildman–Crippen MR) is 44.0 cm³/mol. The van der Waals surface area contributed by atoms with Crippen molar-refractivity contribution in [3.63, 3.8) is 0 Å². The van der Waals surface area contributed by atoms with E-state index in [1.54, 1.807) is 6.92 Å². The first-order valence-electron chi connectivity index (χ1n) is 3.77. The molecule has 0 aromatic carbocycles. The lowest BCUT2D eigenvalue weighted by Gasteiger charge is -2.08. The highest BCUT2D eigenvalue weighted by molar-refractivity contribution is 5.67. The van der Waals surface area contributed by atoms with Gasteiger partial charge in [-0.15, -0.1) is 0 Å². The van der Waals surface area contributed by atoms with E-state index < -0.39 is 12.1 Å². The van der Waals surface area contributed by atoms with E-state index in [0.717, 1.165) is 0 Å². The van der Waals surface area contributed by atoms with Gasteiger partial charge in [0, 0.05) is 17.5 Å². The lowest BCUT2D eigenvalue weighted by Crippen LogP contribution is -2.08. The highest BCUT2D eigenvalue weighted by Gasteiger charge is 2.14. The molecule has 0 bridgehead atoms. The van der Waals surface area contributed by atoms with Crippen molar-refractivity contribution in [3.8, 4) is 0 Å². The molecule has 0 saturated carbocycles. The second kappa shape index (κ2) is 3.95. The lowest BCUT2D eigenvalue weighted by atomic mass is 10.1. The van der Waals surface area contributed by atoms with Gasteiger partial charge >= 0.3 is 5.97 Å². The van der Waals surface area contributed by atoms with Crippen molar-refractivity contribution in [2.45, 2.75) is 19.4 Å². The number of carbonyl (C=O) groups is 1. The molecule has 1 aromatic rings. The van der Waals surface area contributed by atoms with E-state index in [-0.39, 0.29) is 6.42 Å². The van der Waals surface area contributed by atoms with Crippen LogP contribution in [-0.4, -0.2) is 26.2 Å². The van der Waals surface area contributed by atoms with Crippen LogP contribution in [0.1, 0.15) is 23.8 Å². The van der Waals surface area contributed by atoms with Crippen molar-refractivity contribution < 1.29 is 15.0 Å². The Bertz CT molecular complexity index is 314. The van der Waals surface area contributed by atoms with Crippen LogP contribution in [0.25, 0.3) is 0 Å². The molecule has 13 heavy (non-hydrogen) atoms. The highest BCUT2D eigenvalue weighted by atomic mass is 16.4. The van der Waals surface area contributed by atoms with Crippen LogP contribution in [0.3, 0.4) is 0 Å². The summed E-state index contributed by atoms with van der Waals surface area (Å²) < 4.78 is 0. The zero-order chi connectivity index (χ0) is 9.84. The molecule has 0 fully saturated rings. The van der Waals surface area contributed by atoms with Crippen LogP contribution in [0.2, 0.25) is 0 Å². The van der Waals surface area contributed by atoms with Crippen LogP contribution in [0.15, 0.2) is 12.5 Å². The van der Waals surface area contributed by atoms with Crippen molar-refractivity contribution >= 4 is 5.97 Å². The van der Waals surface area contributed by atoms with E-state index >= 15 is 0 Å². The van der Waals surface area contributed by atoms with Gasteiger partial charge in [-0.25, -0.2) is 9.97 Å². The predicted octanol–water partition coefficient (Wildman–Crippen LogP) is 0.293. The van der Waals surface area contributed by atoms with Gasteiger partial charge in [-0.1, -0.05) is 0 Å². The van der Waals surface area contributed by atoms with E-state index in [9.17, 15) is 9.90 Å². The molecular formula is C8H10N2O3. The Balaban J connectivity index is 2.82. The second-order valence-electron chi connectivity index (χ2n) is 2.68. The molecule has 0 amide bonds. The Morgan fingerprint density at radius 1 is 1.69 bits per heavy atom. The molecule has 5 heteroatoms. The van der Waals surface area contributed by atoms with Crippen molar-refractivity contribution in [1.29, 1.82) is 0 Å². The van der Waals surface area contributed by atoms with Crippen molar-refractivity contribution in [2.75, 3.05) is 0 Å². The zero-order valence-electron chi connectivity index (χ0n) is 7.14. The van der Waals surface area contributed by atoms with Gasteiger partial charge < -0.3 is 10.2 Å². The Morgan fingerprint density at radius 3 is 2.92 bits per heavy atom. The van der Waals surface area contributed by atoms with Gasteiger partial charge in [0.05, 0.1) is 12.5 Å². The van der Waals surface area contributed by atoms with E-state index in [1.165, 1.54) is 12.5 Å². The monoisotopic (exact) mass is 182 g/mol. The molecule has 5 nitrogen and oxygen atoms in total. The van der Waals surface area contributed by atoms with Gasteiger partial charge in [0.1, 0.15) is 6.33 Å². The summed E-state index contributed by atoms with van der Waals surface area (Å²) in [7, 11) is 0. The third-order valence-electron chi connectivity index (χ3n) is 1.68. The van der Waals surface area contributed by atoms with Crippen LogP contribution in [0.5, 0.6) is 0 Å². The number of nitrogens with zero attached hydrogens (tertiary/aromatic N) is 2. The molecule has 1 heterocycles. The van der Waals surface area contributed by atoms with Crippen LogP contribution in [0.4, 0.5) is 0 Å². The first kappa shape index (κ1) is 9.60. The normalized spacial score (nSPS) is 12.5. The number of aliphatic carboxylic acids is 1. The number of aliphatic hydroxyl groups is 1. The molecule has 1 aromatic heterocycles. The third-order valence-corrected chi connectivity index (χ3v) is 1.68. The minimum Gasteiger partial charge on any atom is -0.481 e. The largest absolute Gasteiger partial charge is 0.481 e. The van der Waals surface area contributed by atoms with Gasteiger partial charge in [-0.2, -0.15) is 0 Å². The van der Waals surface area contributed by atoms with Gasteiger partial charge in [0.2, 0.25) is 0 Å². The average Bonchev–Trinajstić information content (AvgIpc) is 2.03. The highest BCUT2D eigenvalue weighted by Crippen LogP contribution is 2.17. The molecule has 1 rings (SSSR count). The number of aliphatic hydroxyl groups excluding tert-OH is 1. The fourth-order valence-corrected chi connectivity index (χ4v) is 1.00. The lowest BCUT2D eigenvalue weighted by molar-refractivity contribution is -0.139. The summed E-state index contributed by atoms with van der Waals surface area (Å²) in [6, 6.07) is 0. The molecule has 0 radical (unpaired) electrons. The van der Waals surface area contributed by atoms with Gasteiger partial charge in [0.15, 0.2) is 0 Å². The summed E-state index contributed by atoms with van der Waals surface area (Å²) in [6.07, 6.45) is 1.43.